The van der Waals surface area contributed by atoms with Crippen molar-refractivity contribution in [3.8, 4) is 0 Å². The van der Waals surface area contributed by atoms with Gasteiger partial charge in [-0.1, -0.05) is 36.5 Å². The SMILES string of the molecule is Fc1ccc2nc(C(=S)Nc3ccccc3)ccc2c1. The van der Waals surface area contributed by atoms with Gasteiger partial charge in [0.25, 0.3) is 0 Å². The summed E-state index contributed by atoms with van der Waals surface area (Å²) in [6.45, 7) is 0. The minimum Gasteiger partial charge on any atom is -0.345 e. The summed E-state index contributed by atoms with van der Waals surface area (Å²) in [6.07, 6.45) is 0. The van der Waals surface area contributed by atoms with Crippen molar-refractivity contribution in [2.45, 2.75) is 0 Å². The molecule has 3 rings (SSSR count). The molecule has 1 N–H and O–H groups in total. The van der Waals surface area contributed by atoms with Crippen LogP contribution in [0.5, 0.6) is 0 Å². The van der Waals surface area contributed by atoms with Gasteiger partial charge in [0.1, 0.15) is 10.8 Å². The fraction of sp³-hybridized carbons (Fsp3) is 0. The molecule has 0 saturated carbocycles. The zero-order chi connectivity index (χ0) is 13.9. The van der Waals surface area contributed by atoms with Crippen molar-refractivity contribution in [2.24, 2.45) is 0 Å². The lowest BCUT2D eigenvalue weighted by Gasteiger charge is -2.08. The summed E-state index contributed by atoms with van der Waals surface area (Å²) >= 11 is 5.34. The van der Waals surface area contributed by atoms with Crippen LogP contribution in [0.2, 0.25) is 0 Å². The number of benzene rings is 2. The number of thiocarbonyl (C=S) groups is 1. The van der Waals surface area contributed by atoms with Gasteiger partial charge in [-0.3, -0.25) is 0 Å². The highest BCUT2D eigenvalue weighted by Crippen LogP contribution is 2.15. The van der Waals surface area contributed by atoms with Crippen molar-refractivity contribution in [3.63, 3.8) is 0 Å². The predicted molar refractivity (Wildman–Crippen MR) is 83.5 cm³/mol. The van der Waals surface area contributed by atoms with Crippen molar-refractivity contribution >= 4 is 33.8 Å². The maximum absolute atomic E-state index is 13.1. The number of fused-ring (bicyclic) bond motifs is 1. The van der Waals surface area contributed by atoms with Crippen LogP contribution in [0.15, 0.2) is 60.7 Å². The van der Waals surface area contributed by atoms with Crippen LogP contribution < -0.4 is 5.32 Å². The molecule has 0 aliphatic carbocycles. The molecular weight excluding hydrogens is 271 g/mol. The second kappa shape index (κ2) is 5.35. The Labute approximate surface area is 121 Å². The fourth-order valence-corrected chi connectivity index (χ4v) is 2.17. The van der Waals surface area contributed by atoms with Gasteiger partial charge in [-0.25, -0.2) is 9.37 Å². The molecule has 3 aromatic rings. The van der Waals surface area contributed by atoms with E-state index in [1.54, 1.807) is 12.1 Å². The van der Waals surface area contributed by atoms with Gasteiger partial charge in [0.05, 0.1) is 11.2 Å². The van der Waals surface area contributed by atoms with Crippen molar-refractivity contribution in [1.82, 2.24) is 4.98 Å². The molecule has 0 aliphatic rings. The van der Waals surface area contributed by atoms with Gasteiger partial charge >= 0.3 is 0 Å². The van der Waals surface area contributed by atoms with E-state index in [1.807, 2.05) is 36.4 Å². The number of hydrogen-bond acceptors (Lipinski definition) is 2. The molecule has 0 amide bonds. The number of pyridine rings is 1. The van der Waals surface area contributed by atoms with Crippen LogP contribution in [0.1, 0.15) is 5.69 Å². The van der Waals surface area contributed by atoms with Crippen LogP contribution in [0.3, 0.4) is 0 Å². The molecule has 20 heavy (non-hydrogen) atoms. The molecule has 98 valence electrons. The molecule has 4 heteroatoms. The predicted octanol–water partition coefficient (Wildman–Crippen LogP) is 4.16. The maximum Gasteiger partial charge on any atom is 0.129 e. The summed E-state index contributed by atoms with van der Waals surface area (Å²) in [6, 6.07) is 17.8. The number of nitrogens with one attached hydrogen (secondary N) is 1. The number of aromatic nitrogens is 1. The summed E-state index contributed by atoms with van der Waals surface area (Å²) < 4.78 is 13.1. The van der Waals surface area contributed by atoms with Crippen molar-refractivity contribution in [1.29, 1.82) is 0 Å². The number of para-hydroxylation sites is 1. The molecule has 0 bridgehead atoms. The largest absolute Gasteiger partial charge is 0.345 e. The summed E-state index contributed by atoms with van der Waals surface area (Å²) in [7, 11) is 0. The van der Waals surface area contributed by atoms with E-state index >= 15 is 0 Å². The first-order valence-electron chi connectivity index (χ1n) is 6.15. The average Bonchev–Trinajstić information content (AvgIpc) is 2.47. The summed E-state index contributed by atoms with van der Waals surface area (Å²) in [5.74, 6) is -0.267. The van der Waals surface area contributed by atoms with E-state index in [1.165, 1.54) is 12.1 Å². The fourth-order valence-electron chi connectivity index (χ4n) is 1.94. The number of hydrogen-bond donors (Lipinski definition) is 1. The Morgan fingerprint density at radius 1 is 1.00 bits per heavy atom. The van der Waals surface area contributed by atoms with Gasteiger partial charge in [-0.2, -0.15) is 0 Å². The van der Waals surface area contributed by atoms with E-state index in [9.17, 15) is 4.39 Å². The van der Waals surface area contributed by atoms with E-state index in [-0.39, 0.29) is 5.82 Å². The molecular formula is C16H11FN2S. The lowest BCUT2D eigenvalue weighted by Crippen LogP contribution is -2.12. The van der Waals surface area contributed by atoms with Gasteiger partial charge in [-0.05, 0) is 36.4 Å². The Kier molecular flexibility index (Phi) is 3.39. The third-order valence-corrected chi connectivity index (χ3v) is 3.23. The first-order chi connectivity index (χ1) is 9.72. The Morgan fingerprint density at radius 3 is 2.60 bits per heavy atom. The smallest absolute Gasteiger partial charge is 0.129 e. The zero-order valence-corrected chi connectivity index (χ0v) is 11.3. The lowest BCUT2D eigenvalue weighted by molar-refractivity contribution is 0.629. The van der Waals surface area contributed by atoms with E-state index < -0.39 is 0 Å². The highest BCUT2D eigenvalue weighted by Gasteiger charge is 2.05. The van der Waals surface area contributed by atoms with Gasteiger partial charge < -0.3 is 5.32 Å². The zero-order valence-electron chi connectivity index (χ0n) is 10.5. The van der Waals surface area contributed by atoms with Crippen LogP contribution in [0.4, 0.5) is 10.1 Å². The summed E-state index contributed by atoms with van der Waals surface area (Å²) in [4.78, 5) is 4.99. The molecule has 2 aromatic carbocycles. The second-order valence-electron chi connectivity index (χ2n) is 4.35. The van der Waals surface area contributed by atoms with Crippen LogP contribution in [0, 0.1) is 5.82 Å². The molecule has 1 heterocycles. The molecule has 0 saturated heterocycles. The number of anilines is 1. The average molecular weight is 282 g/mol. The van der Waals surface area contributed by atoms with Crippen molar-refractivity contribution < 1.29 is 4.39 Å². The van der Waals surface area contributed by atoms with Crippen LogP contribution in [0.25, 0.3) is 10.9 Å². The minimum absolute atomic E-state index is 0.267. The van der Waals surface area contributed by atoms with Gasteiger partial charge in [0.2, 0.25) is 0 Å². The van der Waals surface area contributed by atoms with E-state index in [0.29, 0.717) is 10.7 Å². The van der Waals surface area contributed by atoms with Gasteiger partial charge in [0, 0.05) is 11.1 Å². The molecule has 0 aliphatic heterocycles. The molecule has 0 spiro atoms. The van der Waals surface area contributed by atoms with E-state index in [4.69, 9.17) is 12.2 Å². The first kappa shape index (κ1) is 12.7. The number of rotatable bonds is 2. The Morgan fingerprint density at radius 2 is 1.80 bits per heavy atom. The lowest BCUT2D eigenvalue weighted by atomic mass is 10.2. The maximum atomic E-state index is 13.1. The van der Waals surface area contributed by atoms with Crippen LogP contribution in [-0.2, 0) is 0 Å². The Hall–Kier alpha value is -2.33. The monoisotopic (exact) mass is 282 g/mol. The highest BCUT2D eigenvalue weighted by atomic mass is 32.1. The number of halogens is 1. The highest BCUT2D eigenvalue weighted by molar-refractivity contribution is 7.81. The van der Waals surface area contributed by atoms with Crippen LogP contribution >= 0.6 is 12.2 Å². The minimum atomic E-state index is -0.267. The van der Waals surface area contributed by atoms with E-state index in [2.05, 4.69) is 10.3 Å². The Bertz CT molecular complexity index is 772. The third-order valence-electron chi connectivity index (χ3n) is 2.92. The Balaban J connectivity index is 1.90. The first-order valence-corrected chi connectivity index (χ1v) is 6.56. The van der Waals surface area contributed by atoms with Crippen LogP contribution in [-0.4, -0.2) is 9.97 Å². The molecule has 0 fully saturated rings. The molecule has 1 aromatic heterocycles. The molecule has 0 atom stereocenters. The molecule has 2 nitrogen and oxygen atoms in total. The second-order valence-corrected chi connectivity index (χ2v) is 4.76. The van der Waals surface area contributed by atoms with Gasteiger partial charge in [0.15, 0.2) is 0 Å². The van der Waals surface area contributed by atoms with Crippen molar-refractivity contribution in [2.75, 3.05) is 5.32 Å². The topological polar surface area (TPSA) is 24.9 Å². The quantitative estimate of drug-likeness (QED) is 0.714. The van der Waals surface area contributed by atoms with Gasteiger partial charge in [-0.15, -0.1) is 0 Å². The third kappa shape index (κ3) is 2.65. The summed E-state index contributed by atoms with van der Waals surface area (Å²) in [5, 5.41) is 3.89. The standard InChI is InChI=1S/C16H11FN2S/c17-12-7-9-14-11(10-12)6-8-15(19-14)16(20)18-13-4-2-1-3-5-13/h1-10H,(H,18,20). The molecule has 0 unspecified atom stereocenters. The van der Waals surface area contributed by atoms with Crippen molar-refractivity contribution in [3.05, 3.63) is 72.2 Å². The normalized spacial score (nSPS) is 10.4. The summed E-state index contributed by atoms with van der Waals surface area (Å²) in [5.41, 5.74) is 2.31. The van der Waals surface area contributed by atoms with E-state index in [0.717, 1.165) is 16.6 Å². The molecule has 0 radical (unpaired) electrons. The number of nitrogens with zero attached hydrogens (tertiary/aromatic N) is 1.